The van der Waals surface area contributed by atoms with Crippen molar-refractivity contribution >= 4 is 34.3 Å². The molecule has 2 aliphatic rings. The molecule has 1 aromatic heterocycles. The Hall–Kier alpha value is -2.42. The van der Waals surface area contributed by atoms with E-state index in [1.54, 1.807) is 22.9 Å². The van der Waals surface area contributed by atoms with Crippen molar-refractivity contribution in [2.45, 2.75) is 12.3 Å². The number of aliphatic hydroxyl groups is 1. The van der Waals surface area contributed by atoms with Gasteiger partial charge in [0.1, 0.15) is 12.3 Å². The summed E-state index contributed by atoms with van der Waals surface area (Å²) in [6.07, 6.45) is 0.865. The number of hydrogen-bond acceptors (Lipinski definition) is 9. The second-order valence-electron chi connectivity index (χ2n) is 8.00. The highest BCUT2D eigenvalue weighted by Gasteiger charge is 2.31. The third-order valence-corrected chi connectivity index (χ3v) is 7.07. The largest absolute Gasteiger partial charge is 0.376 e. The summed E-state index contributed by atoms with van der Waals surface area (Å²) in [5, 5.41) is 23.5. The number of amides is 1. The number of thioether (sulfide) groups is 1. The number of carbonyl (C=O) groups is 1. The molecule has 2 saturated heterocycles. The lowest BCUT2D eigenvalue weighted by Gasteiger charge is -2.36. The Kier molecular flexibility index (Phi) is 7.44. The standard InChI is InChI=1S/C22H29N7O2S/c23-5-6-27-7-9-28(10-8-27)19-12-25-18-4-2-1-3-17(18)21(19)22(31)26-13-20(30)29-15-32-14-16(29)11-24/h1-4,12,16,20,30H,5-10,13-15,23H2,(H,26,31)/t16-,20-/m1/s1. The Morgan fingerprint density at radius 3 is 2.88 bits per heavy atom. The number of nitrogens with one attached hydrogen (secondary N) is 1. The van der Waals surface area contributed by atoms with Gasteiger partial charge in [-0.1, -0.05) is 18.2 Å². The third-order valence-electron chi connectivity index (χ3n) is 6.03. The van der Waals surface area contributed by atoms with Crippen molar-refractivity contribution in [2.75, 3.05) is 62.3 Å². The summed E-state index contributed by atoms with van der Waals surface area (Å²) in [6, 6.07) is 9.47. The van der Waals surface area contributed by atoms with E-state index in [9.17, 15) is 15.2 Å². The minimum Gasteiger partial charge on any atom is -0.376 e. The lowest BCUT2D eigenvalue weighted by Crippen LogP contribution is -2.48. The molecule has 9 nitrogen and oxygen atoms in total. The maximum absolute atomic E-state index is 13.4. The molecule has 32 heavy (non-hydrogen) atoms. The van der Waals surface area contributed by atoms with Crippen LogP contribution in [-0.4, -0.2) is 95.5 Å². The number of benzene rings is 1. The Bertz CT molecular complexity index is 990. The zero-order valence-electron chi connectivity index (χ0n) is 18.0. The van der Waals surface area contributed by atoms with Crippen LogP contribution in [0.3, 0.4) is 0 Å². The van der Waals surface area contributed by atoms with E-state index in [-0.39, 0.29) is 18.5 Å². The van der Waals surface area contributed by atoms with Crippen molar-refractivity contribution in [1.29, 1.82) is 5.26 Å². The van der Waals surface area contributed by atoms with Crippen molar-refractivity contribution in [3.8, 4) is 6.07 Å². The molecule has 0 unspecified atom stereocenters. The highest BCUT2D eigenvalue weighted by molar-refractivity contribution is 7.99. The number of nitrogens with two attached hydrogens (primary N) is 1. The Labute approximate surface area is 192 Å². The molecule has 1 aromatic carbocycles. The van der Waals surface area contributed by atoms with E-state index >= 15 is 0 Å². The van der Waals surface area contributed by atoms with Crippen LogP contribution in [0.2, 0.25) is 0 Å². The fourth-order valence-corrected chi connectivity index (χ4v) is 5.41. The molecule has 4 rings (SSSR count). The van der Waals surface area contributed by atoms with Gasteiger partial charge in [-0.15, -0.1) is 11.8 Å². The average Bonchev–Trinajstić information content (AvgIpc) is 3.31. The summed E-state index contributed by atoms with van der Waals surface area (Å²) in [4.78, 5) is 24.2. The van der Waals surface area contributed by atoms with E-state index < -0.39 is 6.23 Å². The number of fused-ring (bicyclic) bond motifs is 1. The number of nitrogens with zero attached hydrogens (tertiary/aromatic N) is 5. The maximum Gasteiger partial charge on any atom is 0.254 e. The van der Waals surface area contributed by atoms with Gasteiger partial charge in [0.25, 0.3) is 5.91 Å². The first kappa shape index (κ1) is 22.8. The summed E-state index contributed by atoms with van der Waals surface area (Å²) < 4.78 is 0. The topological polar surface area (TPSA) is 122 Å². The first-order chi connectivity index (χ1) is 15.6. The van der Waals surface area contributed by atoms with Crippen LogP contribution in [0.25, 0.3) is 10.9 Å². The van der Waals surface area contributed by atoms with Crippen LogP contribution < -0.4 is 16.0 Å². The van der Waals surface area contributed by atoms with Crippen molar-refractivity contribution in [3.05, 3.63) is 36.0 Å². The predicted molar refractivity (Wildman–Crippen MR) is 126 cm³/mol. The van der Waals surface area contributed by atoms with Crippen molar-refractivity contribution < 1.29 is 9.90 Å². The molecular weight excluding hydrogens is 426 g/mol. The fourth-order valence-electron chi connectivity index (χ4n) is 4.25. The second kappa shape index (κ2) is 10.5. The predicted octanol–water partition coefficient (Wildman–Crippen LogP) is 0.262. The number of pyridine rings is 1. The Morgan fingerprint density at radius 2 is 2.12 bits per heavy atom. The summed E-state index contributed by atoms with van der Waals surface area (Å²) in [6.45, 7) is 4.90. The summed E-state index contributed by atoms with van der Waals surface area (Å²) in [5.41, 5.74) is 7.82. The Balaban J connectivity index is 1.54. The molecule has 170 valence electrons. The smallest absolute Gasteiger partial charge is 0.254 e. The van der Waals surface area contributed by atoms with Crippen molar-refractivity contribution in [3.63, 3.8) is 0 Å². The number of rotatable bonds is 7. The molecule has 0 aliphatic carbocycles. The van der Waals surface area contributed by atoms with E-state index in [2.05, 4.69) is 26.2 Å². The van der Waals surface area contributed by atoms with Gasteiger partial charge in [-0.3, -0.25) is 19.6 Å². The van der Waals surface area contributed by atoms with Crippen LogP contribution in [-0.2, 0) is 0 Å². The SMILES string of the molecule is N#C[C@@H]1CSCN1[C@H](O)CNC(=O)c1c(N2CCN(CCN)CC2)cnc2ccccc12. The van der Waals surface area contributed by atoms with E-state index in [1.807, 2.05) is 24.3 Å². The number of nitriles is 1. The summed E-state index contributed by atoms with van der Waals surface area (Å²) >= 11 is 1.60. The monoisotopic (exact) mass is 455 g/mol. The first-order valence-corrected chi connectivity index (χ1v) is 12.0. The summed E-state index contributed by atoms with van der Waals surface area (Å²) in [5.74, 6) is 0.991. The van der Waals surface area contributed by atoms with Gasteiger partial charge < -0.3 is 21.1 Å². The number of hydrogen-bond donors (Lipinski definition) is 3. The normalized spacial score (nSPS) is 20.9. The highest BCUT2D eigenvalue weighted by Crippen LogP contribution is 2.28. The quantitative estimate of drug-likeness (QED) is 0.540. The molecule has 3 heterocycles. The van der Waals surface area contributed by atoms with Gasteiger partial charge in [0, 0.05) is 56.3 Å². The molecule has 4 N–H and O–H groups in total. The number of aliphatic hydroxyl groups excluding tert-OH is 1. The average molecular weight is 456 g/mol. The van der Waals surface area contributed by atoms with Crippen LogP contribution in [0.1, 0.15) is 10.4 Å². The molecule has 2 aromatic rings. The third kappa shape index (κ3) is 4.82. The lowest BCUT2D eigenvalue weighted by atomic mass is 10.0. The van der Waals surface area contributed by atoms with Gasteiger partial charge in [-0.2, -0.15) is 5.26 Å². The number of carbonyl (C=O) groups excluding carboxylic acids is 1. The molecular formula is C22H29N7O2S. The molecule has 0 saturated carbocycles. The highest BCUT2D eigenvalue weighted by atomic mass is 32.2. The van der Waals surface area contributed by atoms with E-state index in [0.717, 1.165) is 49.3 Å². The van der Waals surface area contributed by atoms with Gasteiger partial charge >= 0.3 is 0 Å². The number of piperazine rings is 1. The van der Waals surface area contributed by atoms with Gasteiger partial charge in [-0.25, -0.2) is 0 Å². The molecule has 2 fully saturated rings. The van der Waals surface area contributed by atoms with Crippen LogP contribution in [0.5, 0.6) is 0 Å². The van der Waals surface area contributed by atoms with E-state index in [1.165, 1.54) is 0 Å². The molecule has 0 bridgehead atoms. The van der Waals surface area contributed by atoms with Crippen LogP contribution in [0, 0.1) is 11.3 Å². The van der Waals surface area contributed by atoms with Crippen LogP contribution >= 0.6 is 11.8 Å². The zero-order valence-corrected chi connectivity index (χ0v) is 18.8. The molecule has 2 atom stereocenters. The van der Waals surface area contributed by atoms with Crippen LogP contribution in [0.4, 0.5) is 5.69 Å². The van der Waals surface area contributed by atoms with Gasteiger partial charge in [0.15, 0.2) is 0 Å². The van der Waals surface area contributed by atoms with Crippen LogP contribution in [0.15, 0.2) is 30.5 Å². The number of para-hydroxylation sites is 1. The molecule has 2 aliphatic heterocycles. The zero-order chi connectivity index (χ0) is 22.5. The maximum atomic E-state index is 13.4. The van der Waals surface area contributed by atoms with Gasteiger partial charge in [-0.05, 0) is 6.07 Å². The molecule has 0 spiro atoms. The molecule has 0 radical (unpaired) electrons. The minimum absolute atomic E-state index is 0.0535. The molecule has 10 heteroatoms. The number of anilines is 1. The lowest BCUT2D eigenvalue weighted by molar-refractivity contribution is 0.0130. The van der Waals surface area contributed by atoms with E-state index in [0.29, 0.717) is 23.7 Å². The fraction of sp³-hybridized carbons (Fsp3) is 0.500. The van der Waals surface area contributed by atoms with Gasteiger partial charge in [0.2, 0.25) is 0 Å². The van der Waals surface area contributed by atoms with Crippen molar-refractivity contribution in [1.82, 2.24) is 20.1 Å². The second-order valence-corrected chi connectivity index (χ2v) is 9.00. The van der Waals surface area contributed by atoms with Crippen molar-refractivity contribution in [2.24, 2.45) is 5.73 Å². The van der Waals surface area contributed by atoms with Gasteiger partial charge in [0.05, 0.1) is 35.6 Å². The summed E-state index contributed by atoms with van der Waals surface area (Å²) in [7, 11) is 0. The van der Waals surface area contributed by atoms with E-state index in [4.69, 9.17) is 5.73 Å². The number of aromatic nitrogens is 1. The first-order valence-electron chi connectivity index (χ1n) is 10.9. The Morgan fingerprint density at radius 1 is 1.34 bits per heavy atom. The minimum atomic E-state index is -0.907. The molecule has 1 amide bonds.